The Morgan fingerprint density at radius 3 is 2.57 bits per heavy atom. The maximum Gasteiger partial charge on any atom is 0.228 e. The molecule has 3 N–H and O–H groups in total. The van der Waals surface area contributed by atoms with Crippen LogP contribution in [0.5, 0.6) is 0 Å². The molecular weight excluding hydrogens is 468 g/mol. The van der Waals surface area contributed by atoms with Crippen molar-refractivity contribution in [2.75, 3.05) is 63.6 Å². The summed E-state index contributed by atoms with van der Waals surface area (Å²) in [5.41, 5.74) is 11.3. The lowest BCUT2D eigenvalue weighted by atomic mass is 10.0. The van der Waals surface area contributed by atoms with E-state index in [0.717, 1.165) is 62.4 Å². The molecule has 5 heterocycles. The van der Waals surface area contributed by atoms with Crippen molar-refractivity contribution in [2.45, 2.75) is 19.0 Å². The number of nitrogens with two attached hydrogens (primary N) is 1. The highest BCUT2D eigenvalue weighted by atomic mass is 16.5. The van der Waals surface area contributed by atoms with Crippen LogP contribution in [0.3, 0.4) is 0 Å². The number of aryl methyl sites for hydroxylation is 2. The van der Waals surface area contributed by atoms with Gasteiger partial charge in [-0.15, -0.1) is 0 Å². The van der Waals surface area contributed by atoms with E-state index in [2.05, 4.69) is 61.0 Å². The van der Waals surface area contributed by atoms with Crippen LogP contribution in [0, 0.1) is 0 Å². The number of aromatic nitrogens is 6. The lowest BCUT2D eigenvalue weighted by molar-refractivity contribution is 0.122. The van der Waals surface area contributed by atoms with Crippen LogP contribution in [0.1, 0.15) is 17.2 Å². The van der Waals surface area contributed by atoms with E-state index in [1.54, 1.807) is 12.4 Å². The van der Waals surface area contributed by atoms with Crippen LogP contribution in [0.25, 0.3) is 22.4 Å². The van der Waals surface area contributed by atoms with Gasteiger partial charge in [-0.2, -0.15) is 4.98 Å². The number of piperazine rings is 1. The molecule has 0 spiro atoms. The Morgan fingerprint density at radius 1 is 1.03 bits per heavy atom. The lowest BCUT2D eigenvalue weighted by Crippen LogP contribution is -2.43. The van der Waals surface area contributed by atoms with Gasteiger partial charge in [0, 0.05) is 63.3 Å². The van der Waals surface area contributed by atoms with Gasteiger partial charge in [-0.05, 0) is 24.6 Å². The Morgan fingerprint density at radius 2 is 1.81 bits per heavy atom. The maximum absolute atomic E-state index is 5.72. The maximum atomic E-state index is 5.72. The van der Waals surface area contributed by atoms with Gasteiger partial charge in [0.1, 0.15) is 11.2 Å². The van der Waals surface area contributed by atoms with Crippen LogP contribution >= 0.6 is 0 Å². The Kier molecular flexibility index (Phi) is 6.64. The molecule has 1 atom stereocenters. The zero-order valence-corrected chi connectivity index (χ0v) is 21.0. The second kappa shape index (κ2) is 10.4. The number of anilines is 2. The highest BCUT2D eigenvalue weighted by Gasteiger charge is 2.21. The molecule has 0 bridgehead atoms. The fourth-order valence-corrected chi connectivity index (χ4v) is 4.95. The molecule has 3 aromatic heterocycles. The molecule has 6 rings (SSSR count). The number of rotatable bonds is 6. The quantitative estimate of drug-likeness (QED) is 0.403. The largest absolute Gasteiger partial charge is 0.378 e. The Labute approximate surface area is 215 Å². The summed E-state index contributed by atoms with van der Waals surface area (Å²) in [6.07, 6.45) is 6.10. The van der Waals surface area contributed by atoms with E-state index in [1.807, 2.05) is 6.33 Å². The molecule has 2 aliphatic heterocycles. The topological polar surface area (TPSA) is 123 Å². The average Bonchev–Trinajstić information content (AvgIpc) is 3.36. The van der Waals surface area contributed by atoms with Gasteiger partial charge in [0.25, 0.3) is 0 Å². The summed E-state index contributed by atoms with van der Waals surface area (Å²) in [4.78, 5) is 27.3. The number of morpholine rings is 1. The van der Waals surface area contributed by atoms with Crippen molar-refractivity contribution in [3.05, 3.63) is 54.1 Å². The van der Waals surface area contributed by atoms with Crippen LogP contribution < -0.4 is 16.0 Å². The first-order chi connectivity index (χ1) is 18.1. The number of hydrogen-bond donors (Lipinski definition) is 2. The zero-order chi connectivity index (χ0) is 25.2. The van der Waals surface area contributed by atoms with Crippen LogP contribution in [0.4, 0.5) is 11.9 Å². The number of fused-ring (bicyclic) bond motifs is 1. The summed E-state index contributed by atoms with van der Waals surface area (Å²) in [6, 6.07) is 9.34. The van der Waals surface area contributed by atoms with E-state index in [9.17, 15) is 0 Å². The molecule has 0 amide bonds. The van der Waals surface area contributed by atoms with Crippen molar-refractivity contribution < 1.29 is 4.74 Å². The smallest absolute Gasteiger partial charge is 0.228 e. The number of nitrogens with one attached hydrogen (secondary N) is 1. The van der Waals surface area contributed by atoms with Crippen molar-refractivity contribution >= 4 is 23.1 Å². The summed E-state index contributed by atoms with van der Waals surface area (Å²) < 4.78 is 7.64. The number of imidazole rings is 1. The summed E-state index contributed by atoms with van der Waals surface area (Å²) in [5, 5.41) is 3.62. The van der Waals surface area contributed by atoms with Crippen molar-refractivity contribution in [1.29, 1.82) is 0 Å². The number of likely N-dealkylation sites (N-methyl/N-ethyl adjacent to an activating group) is 1. The molecule has 1 unspecified atom stereocenters. The predicted octanol–water partition coefficient (Wildman–Crippen LogP) is 1.52. The van der Waals surface area contributed by atoms with E-state index in [0.29, 0.717) is 30.9 Å². The summed E-state index contributed by atoms with van der Waals surface area (Å²) in [6.45, 7) is 6.72. The molecule has 11 nitrogen and oxygen atoms in total. The molecule has 4 aromatic rings. The molecule has 1 aromatic carbocycles. The number of hydrogen-bond acceptors (Lipinski definition) is 10. The second-order valence-electron chi connectivity index (χ2n) is 9.67. The van der Waals surface area contributed by atoms with E-state index in [4.69, 9.17) is 25.4 Å². The molecule has 2 aliphatic rings. The Hall–Kier alpha value is -3.67. The first kappa shape index (κ1) is 23.7. The van der Waals surface area contributed by atoms with Gasteiger partial charge >= 0.3 is 0 Å². The van der Waals surface area contributed by atoms with Crippen LogP contribution in [0.2, 0.25) is 0 Å². The highest BCUT2D eigenvalue weighted by Crippen LogP contribution is 2.27. The number of nitrogen functional groups attached to an aromatic ring is 1. The van der Waals surface area contributed by atoms with Crippen molar-refractivity contribution in [3.63, 3.8) is 0 Å². The minimum absolute atomic E-state index is 0.227. The molecule has 2 saturated heterocycles. The lowest BCUT2D eigenvalue weighted by Gasteiger charge is -2.31. The van der Waals surface area contributed by atoms with Crippen LogP contribution in [-0.4, -0.2) is 87.4 Å². The fourth-order valence-electron chi connectivity index (χ4n) is 4.95. The van der Waals surface area contributed by atoms with Gasteiger partial charge in [0.2, 0.25) is 11.9 Å². The van der Waals surface area contributed by atoms with Gasteiger partial charge in [0.05, 0.1) is 19.5 Å². The molecule has 192 valence electrons. The molecule has 0 saturated carbocycles. The molecule has 0 aliphatic carbocycles. The normalized spacial score (nSPS) is 18.9. The summed E-state index contributed by atoms with van der Waals surface area (Å²) in [7, 11) is 2.18. The standard InChI is InChI=1S/C26H32N10O/c1-34-9-7-28-21(16-34)19-4-2-18(3-5-19)6-8-36-17-31-23-22(20-14-29-25(27)30-15-20)32-26(33-24(23)36)35-10-12-37-13-11-35/h2-5,14-15,17,21,28H,6-13,16H2,1H3,(H2,27,29,30). The van der Waals surface area contributed by atoms with E-state index in [1.165, 1.54) is 11.1 Å². The predicted molar refractivity (Wildman–Crippen MR) is 142 cm³/mol. The average molecular weight is 501 g/mol. The first-order valence-electron chi connectivity index (χ1n) is 12.8. The monoisotopic (exact) mass is 500 g/mol. The van der Waals surface area contributed by atoms with Gasteiger partial charge < -0.3 is 30.2 Å². The van der Waals surface area contributed by atoms with E-state index in [-0.39, 0.29) is 5.95 Å². The molecule has 0 radical (unpaired) electrons. The fraction of sp³-hybridized carbons (Fsp3) is 0.423. The number of ether oxygens (including phenoxy) is 1. The van der Waals surface area contributed by atoms with E-state index < -0.39 is 0 Å². The number of nitrogens with zero attached hydrogens (tertiary/aromatic N) is 8. The minimum Gasteiger partial charge on any atom is -0.378 e. The van der Waals surface area contributed by atoms with Crippen molar-refractivity contribution in [2.24, 2.45) is 0 Å². The van der Waals surface area contributed by atoms with Crippen molar-refractivity contribution in [1.82, 2.24) is 39.7 Å². The summed E-state index contributed by atoms with van der Waals surface area (Å²) >= 11 is 0. The van der Waals surface area contributed by atoms with Gasteiger partial charge in [-0.3, -0.25) is 0 Å². The highest BCUT2D eigenvalue weighted by molar-refractivity contribution is 5.88. The van der Waals surface area contributed by atoms with Crippen molar-refractivity contribution in [3.8, 4) is 11.3 Å². The summed E-state index contributed by atoms with van der Waals surface area (Å²) in [5.74, 6) is 0.893. The van der Waals surface area contributed by atoms with Gasteiger partial charge in [0.15, 0.2) is 5.65 Å². The molecular formula is C26H32N10O. The molecule has 11 heteroatoms. The first-order valence-corrected chi connectivity index (χ1v) is 12.8. The minimum atomic E-state index is 0.227. The Bertz CT molecular complexity index is 1350. The van der Waals surface area contributed by atoms with E-state index >= 15 is 0 Å². The third kappa shape index (κ3) is 5.10. The second-order valence-corrected chi connectivity index (χ2v) is 9.67. The van der Waals surface area contributed by atoms with Gasteiger partial charge in [-0.1, -0.05) is 24.3 Å². The molecule has 37 heavy (non-hydrogen) atoms. The zero-order valence-electron chi connectivity index (χ0n) is 21.0. The SMILES string of the molecule is CN1CCNC(c2ccc(CCn3cnc4c(-c5cnc(N)nc5)nc(N5CCOCC5)nc43)cc2)C1. The molecule has 2 fully saturated rings. The van der Waals surface area contributed by atoms with Gasteiger partial charge in [-0.25, -0.2) is 19.9 Å². The Balaban J connectivity index is 1.26. The third-order valence-corrected chi connectivity index (χ3v) is 7.09. The third-order valence-electron chi connectivity index (χ3n) is 7.09. The number of benzene rings is 1. The van der Waals surface area contributed by atoms with Crippen LogP contribution in [0.15, 0.2) is 43.0 Å². The van der Waals surface area contributed by atoms with Crippen LogP contribution in [-0.2, 0) is 17.7 Å².